The summed E-state index contributed by atoms with van der Waals surface area (Å²) >= 11 is 0. The van der Waals surface area contributed by atoms with Gasteiger partial charge in [-0.15, -0.1) is 0 Å². The lowest BCUT2D eigenvalue weighted by Crippen LogP contribution is -1.87. The SMILES string of the molecule is COc1ccc(-c2ccc3c(ccc4ccccc43)n2)cc1. The molecule has 0 fully saturated rings. The summed E-state index contributed by atoms with van der Waals surface area (Å²) < 4.78 is 5.20. The van der Waals surface area contributed by atoms with Gasteiger partial charge in [-0.25, -0.2) is 4.98 Å². The van der Waals surface area contributed by atoms with Crippen LogP contribution in [-0.4, -0.2) is 12.1 Å². The van der Waals surface area contributed by atoms with Gasteiger partial charge in [0.2, 0.25) is 0 Å². The van der Waals surface area contributed by atoms with Gasteiger partial charge < -0.3 is 4.74 Å². The van der Waals surface area contributed by atoms with Gasteiger partial charge in [-0.05, 0) is 47.2 Å². The molecule has 0 radical (unpaired) electrons. The predicted octanol–water partition coefficient (Wildman–Crippen LogP) is 5.06. The highest BCUT2D eigenvalue weighted by atomic mass is 16.5. The van der Waals surface area contributed by atoms with Crippen LogP contribution in [0.5, 0.6) is 5.75 Å². The number of pyridine rings is 1. The molecular formula is C20H15NO. The van der Waals surface area contributed by atoms with Gasteiger partial charge in [-0.1, -0.05) is 36.4 Å². The lowest BCUT2D eigenvalue weighted by atomic mass is 10.0. The van der Waals surface area contributed by atoms with Crippen molar-refractivity contribution < 1.29 is 4.74 Å². The van der Waals surface area contributed by atoms with E-state index in [1.165, 1.54) is 16.2 Å². The zero-order valence-corrected chi connectivity index (χ0v) is 12.3. The molecule has 0 N–H and O–H groups in total. The first-order valence-corrected chi connectivity index (χ1v) is 7.28. The molecule has 2 nitrogen and oxygen atoms in total. The lowest BCUT2D eigenvalue weighted by molar-refractivity contribution is 0.415. The van der Waals surface area contributed by atoms with Crippen molar-refractivity contribution in [3.63, 3.8) is 0 Å². The summed E-state index contributed by atoms with van der Waals surface area (Å²) in [7, 11) is 1.67. The topological polar surface area (TPSA) is 22.1 Å². The van der Waals surface area contributed by atoms with Crippen LogP contribution < -0.4 is 4.74 Å². The molecule has 0 unspecified atom stereocenters. The maximum atomic E-state index is 5.20. The van der Waals surface area contributed by atoms with E-state index in [1.54, 1.807) is 7.11 Å². The molecule has 106 valence electrons. The van der Waals surface area contributed by atoms with Crippen LogP contribution in [0.4, 0.5) is 0 Å². The summed E-state index contributed by atoms with van der Waals surface area (Å²) in [6.45, 7) is 0. The van der Waals surface area contributed by atoms with Crippen LogP contribution in [0.2, 0.25) is 0 Å². The Balaban J connectivity index is 1.88. The smallest absolute Gasteiger partial charge is 0.118 e. The highest BCUT2D eigenvalue weighted by molar-refractivity contribution is 6.06. The van der Waals surface area contributed by atoms with Gasteiger partial charge in [-0.3, -0.25) is 0 Å². The van der Waals surface area contributed by atoms with E-state index in [-0.39, 0.29) is 0 Å². The minimum atomic E-state index is 0.857. The van der Waals surface area contributed by atoms with Crippen LogP contribution in [0.3, 0.4) is 0 Å². The Morgan fingerprint density at radius 3 is 2.36 bits per heavy atom. The Morgan fingerprint density at radius 2 is 1.55 bits per heavy atom. The van der Waals surface area contributed by atoms with E-state index in [4.69, 9.17) is 9.72 Å². The minimum absolute atomic E-state index is 0.857. The molecule has 1 heterocycles. The Kier molecular flexibility index (Phi) is 3.01. The van der Waals surface area contributed by atoms with E-state index >= 15 is 0 Å². The van der Waals surface area contributed by atoms with Gasteiger partial charge in [-0.2, -0.15) is 0 Å². The number of methoxy groups -OCH3 is 1. The number of hydrogen-bond donors (Lipinski definition) is 0. The third-order valence-corrected chi connectivity index (χ3v) is 3.98. The molecule has 0 bridgehead atoms. The molecule has 0 saturated heterocycles. The van der Waals surface area contributed by atoms with Crippen LogP contribution in [-0.2, 0) is 0 Å². The van der Waals surface area contributed by atoms with Gasteiger partial charge in [0.05, 0.1) is 18.3 Å². The first-order chi connectivity index (χ1) is 10.8. The fourth-order valence-corrected chi connectivity index (χ4v) is 2.81. The molecule has 0 aliphatic rings. The van der Waals surface area contributed by atoms with Crippen LogP contribution in [0.25, 0.3) is 32.9 Å². The number of aromatic nitrogens is 1. The van der Waals surface area contributed by atoms with Crippen LogP contribution >= 0.6 is 0 Å². The molecular weight excluding hydrogens is 270 g/mol. The van der Waals surface area contributed by atoms with Crippen molar-refractivity contribution >= 4 is 21.7 Å². The van der Waals surface area contributed by atoms with Crippen molar-refractivity contribution in [2.45, 2.75) is 0 Å². The molecule has 0 amide bonds. The van der Waals surface area contributed by atoms with E-state index in [1.807, 2.05) is 24.3 Å². The molecule has 0 aliphatic heterocycles. The molecule has 22 heavy (non-hydrogen) atoms. The third-order valence-electron chi connectivity index (χ3n) is 3.98. The Bertz CT molecular complexity index is 958. The number of rotatable bonds is 2. The van der Waals surface area contributed by atoms with E-state index in [0.717, 1.165) is 22.5 Å². The van der Waals surface area contributed by atoms with Crippen molar-refractivity contribution in [3.8, 4) is 17.0 Å². The van der Waals surface area contributed by atoms with E-state index in [2.05, 4.69) is 48.5 Å². The molecule has 0 spiro atoms. The van der Waals surface area contributed by atoms with Crippen LogP contribution in [0, 0.1) is 0 Å². The van der Waals surface area contributed by atoms with E-state index in [9.17, 15) is 0 Å². The number of ether oxygens (including phenoxy) is 1. The van der Waals surface area contributed by atoms with Gasteiger partial charge in [0, 0.05) is 10.9 Å². The van der Waals surface area contributed by atoms with Crippen molar-refractivity contribution in [3.05, 3.63) is 72.8 Å². The number of benzene rings is 3. The number of nitrogens with zero attached hydrogens (tertiary/aromatic N) is 1. The van der Waals surface area contributed by atoms with Crippen LogP contribution in [0.1, 0.15) is 0 Å². The monoisotopic (exact) mass is 285 g/mol. The Labute approximate surface area is 129 Å². The fraction of sp³-hybridized carbons (Fsp3) is 0.0500. The normalized spacial score (nSPS) is 11.0. The van der Waals surface area contributed by atoms with E-state index < -0.39 is 0 Å². The summed E-state index contributed by atoms with van der Waals surface area (Å²) in [6, 6.07) is 24.9. The largest absolute Gasteiger partial charge is 0.497 e. The lowest BCUT2D eigenvalue weighted by Gasteiger charge is -2.07. The third kappa shape index (κ3) is 2.09. The molecule has 1 aromatic heterocycles. The zero-order valence-electron chi connectivity index (χ0n) is 12.3. The average molecular weight is 285 g/mol. The summed E-state index contributed by atoms with van der Waals surface area (Å²) in [5.41, 5.74) is 3.09. The number of fused-ring (bicyclic) bond motifs is 3. The Hall–Kier alpha value is -2.87. The summed E-state index contributed by atoms with van der Waals surface area (Å²) in [6.07, 6.45) is 0. The zero-order chi connectivity index (χ0) is 14.9. The van der Waals surface area contributed by atoms with E-state index in [0.29, 0.717) is 0 Å². The fourth-order valence-electron chi connectivity index (χ4n) is 2.81. The maximum Gasteiger partial charge on any atom is 0.118 e. The summed E-state index contributed by atoms with van der Waals surface area (Å²) in [4.78, 5) is 4.81. The van der Waals surface area contributed by atoms with Gasteiger partial charge in [0.1, 0.15) is 5.75 Å². The van der Waals surface area contributed by atoms with Crippen molar-refractivity contribution in [1.82, 2.24) is 4.98 Å². The maximum absolute atomic E-state index is 5.20. The van der Waals surface area contributed by atoms with Crippen molar-refractivity contribution in [2.75, 3.05) is 7.11 Å². The molecule has 0 saturated carbocycles. The van der Waals surface area contributed by atoms with Gasteiger partial charge in [0.15, 0.2) is 0 Å². The van der Waals surface area contributed by atoms with Gasteiger partial charge in [0.25, 0.3) is 0 Å². The summed E-state index contributed by atoms with van der Waals surface area (Å²) in [5, 5.41) is 3.68. The average Bonchev–Trinajstić information content (AvgIpc) is 2.61. The van der Waals surface area contributed by atoms with Crippen molar-refractivity contribution in [1.29, 1.82) is 0 Å². The molecule has 4 rings (SSSR count). The highest BCUT2D eigenvalue weighted by Crippen LogP contribution is 2.27. The summed E-state index contributed by atoms with van der Waals surface area (Å²) in [5.74, 6) is 0.857. The van der Waals surface area contributed by atoms with Crippen LogP contribution in [0.15, 0.2) is 72.8 Å². The second-order valence-electron chi connectivity index (χ2n) is 5.28. The molecule has 2 heteroatoms. The minimum Gasteiger partial charge on any atom is -0.497 e. The molecule has 0 atom stereocenters. The first-order valence-electron chi connectivity index (χ1n) is 7.28. The molecule has 4 aromatic rings. The predicted molar refractivity (Wildman–Crippen MR) is 91.2 cm³/mol. The second kappa shape index (κ2) is 5.15. The second-order valence-corrected chi connectivity index (χ2v) is 5.28. The first kappa shape index (κ1) is 12.8. The Morgan fingerprint density at radius 1 is 0.727 bits per heavy atom. The quantitative estimate of drug-likeness (QED) is 0.480. The highest BCUT2D eigenvalue weighted by Gasteiger charge is 2.04. The number of hydrogen-bond acceptors (Lipinski definition) is 2. The molecule has 3 aromatic carbocycles. The van der Waals surface area contributed by atoms with Crippen molar-refractivity contribution in [2.24, 2.45) is 0 Å². The molecule has 0 aliphatic carbocycles. The standard InChI is InChI=1S/C20H15NO/c1-22-16-9-6-15(7-10-16)19-13-11-18-17-5-3-2-4-14(17)8-12-20(18)21-19/h2-13H,1H3. The van der Waals surface area contributed by atoms with Gasteiger partial charge >= 0.3 is 0 Å².